The van der Waals surface area contributed by atoms with Gasteiger partial charge in [-0.2, -0.15) is 13.2 Å². The molecule has 0 saturated carbocycles. The molecule has 0 radical (unpaired) electrons. The highest BCUT2D eigenvalue weighted by atomic mass is 32.1. The van der Waals surface area contributed by atoms with Crippen molar-refractivity contribution in [2.24, 2.45) is 0 Å². The Kier molecular flexibility index (Phi) is 6.89. The fourth-order valence-corrected chi connectivity index (χ4v) is 1.37. The molecular weight excluding hydrogens is 223 g/mol. The first kappa shape index (κ1) is 14.7. The lowest BCUT2D eigenvalue weighted by molar-refractivity contribution is -0.0659. The molecule has 0 aliphatic carbocycles. The number of unbranched alkanes of at least 4 members (excludes halogenated alkanes) is 2. The van der Waals surface area contributed by atoms with Crippen molar-refractivity contribution in [1.82, 2.24) is 4.90 Å². The summed E-state index contributed by atoms with van der Waals surface area (Å²) in [6.45, 7) is 4.73. The van der Waals surface area contributed by atoms with Crippen LogP contribution in [0.1, 0.15) is 39.5 Å². The summed E-state index contributed by atoms with van der Waals surface area (Å²) in [7, 11) is 0. The zero-order chi connectivity index (χ0) is 11.9. The molecule has 0 N–H and O–H groups in total. The number of nitrogens with zero attached hydrogens (tertiary/aromatic N) is 1. The van der Waals surface area contributed by atoms with Gasteiger partial charge in [0.25, 0.3) is 0 Å². The van der Waals surface area contributed by atoms with Crippen LogP contribution >= 0.6 is 12.2 Å². The second-order valence-corrected chi connectivity index (χ2v) is 3.88. The molecule has 0 bridgehead atoms. The number of halogens is 3. The van der Waals surface area contributed by atoms with Gasteiger partial charge in [-0.25, -0.2) is 0 Å². The van der Waals surface area contributed by atoms with Gasteiger partial charge in [0.05, 0.1) is 0 Å². The van der Waals surface area contributed by atoms with Gasteiger partial charge in [-0.05, 0) is 12.8 Å². The Labute approximate surface area is 94.6 Å². The molecule has 0 fully saturated rings. The fourth-order valence-electron chi connectivity index (χ4n) is 1.19. The van der Waals surface area contributed by atoms with Gasteiger partial charge < -0.3 is 4.90 Å². The average molecular weight is 241 g/mol. The summed E-state index contributed by atoms with van der Waals surface area (Å²) in [6, 6.07) is 0. The predicted octanol–water partition coefficient (Wildman–Crippen LogP) is 3.78. The first-order valence-electron chi connectivity index (χ1n) is 5.29. The predicted molar refractivity (Wildman–Crippen MR) is 60.0 cm³/mol. The van der Waals surface area contributed by atoms with Gasteiger partial charge in [-0.15, -0.1) is 0 Å². The molecule has 0 saturated heterocycles. The van der Waals surface area contributed by atoms with Crippen LogP contribution in [0.4, 0.5) is 13.2 Å². The Morgan fingerprint density at radius 2 is 1.47 bits per heavy atom. The van der Waals surface area contributed by atoms with E-state index in [-0.39, 0.29) is 0 Å². The van der Waals surface area contributed by atoms with Crippen LogP contribution in [0.5, 0.6) is 0 Å². The van der Waals surface area contributed by atoms with E-state index in [0.29, 0.717) is 13.1 Å². The largest absolute Gasteiger partial charge is 0.441 e. The summed E-state index contributed by atoms with van der Waals surface area (Å²) in [6.07, 6.45) is -1.11. The fraction of sp³-hybridized carbons (Fsp3) is 0.900. The van der Waals surface area contributed by atoms with Crippen molar-refractivity contribution in [2.45, 2.75) is 45.7 Å². The SMILES string of the molecule is CCCCN(CCCC)C(=S)C(F)(F)F. The molecule has 0 unspecified atom stereocenters. The Morgan fingerprint density at radius 1 is 1.07 bits per heavy atom. The van der Waals surface area contributed by atoms with E-state index >= 15 is 0 Å². The van der Waals surface area contributed by atoms with E-state index in [2.05, 4.69) is 12.2 Å². The van der Waals surface area contributed by atoms with Crippen LogP contribution in [-0.2, 0) is 0 Å². The van der Waals surface area contributed by atoms with Crippen molar-refractivity contribution in [3.05, 3.63) is 0 Å². The minimum atomic E-state index is -4.36. The molecular formula is C10H18F3NS. The maximum atomic E-state index is 12.4. The van der Waals surface area contributed by atoms with E-state index in [1.807, 2.05) is 13.8 Å². The van der Waals surface area contributed by atoms with Gasteiger partial charge in [0.15, 0.2) is 4.99 Å². The lowest BCUT2D eigenvalue weighted by atomic mass is 10.2. The van der Waals surface area contributed by atoms with Crippen LogP contribution in [0.25, 0.3) is 0 Å². The van der Waals surface area contributed by atoms with Crippen molar-refractivity contribution >= 4 is 17.2 Å². The van der Waals surface area contributed by atoms with Gasteiger partial charge in [0, 0.05) is 13.1 Å². The number of alkyl halides is 3. The van der Waals surface area contributed by atoms with E-state index in [4.69, 9.17) is 0 Å². The molecule has 5 heteroatoms. The van der Waals surface area contributed by atoms with Crippen LogP contribution < -0.4 is 0 Å². The van der Waals surface area contributed by atoms with Crippen LogP contribution in [0.15, 0.2) is 0 Å². The lowest BCUT2D eigenvalue weighted by Gasteiger charge is -2.26. The smallest absolute Gasteiger partial charge is 0.359 e. The third-order valence-electron chi connectivity index (χ3n) is 2.09. The van der Waals surface area contributed by atoms with Crippen LogP contribution in [0, 0.1) is 0 Å². The van der Waals surface area contributed by atoms with Gasteiger partial charge >= 0.3 is 6.18 Å². The molecule has 0 aromatic rings. The van der Waals surface area contributed by atoms with E-state index < -0.39 is 11.2 Å². The van der Waals surface area contributed by atoms with Gasteiger partial charge in [-0.3, -0.25) is 0 Å². The van der Waals surface area contributed by atoms with Crippen LogP contribution in [0.3, 0.4) is 0 Å². The molecule has 0 rings (SSSR count). The summed E-state index contributed by atoms with van der Waals surface area (Å²) < 4.78 is 37.1. The topological polar surface area (TPSA) is 3.24 Å². The molecule has 0 atom stereocenters. The average Bonchev–Trinajstić information content (AvgIpc) is 2.16. The van der Waals surface area contributed by atoms with Crippen molar-refractivity contribution in [3.8, 4) is 0 Å². The van der Waals surface area contributed by atoms with Crippen molar-refractivity contribution in [1.29, 1.82) is 0 Å². The van der Waals surface area contributed by atoms with Crippen molar-refractivity contribution in [2.75, 3.05) is 13.1 Å². The summed E-state index contributed by atoms with van der Waals surface area (Å²) in [5.41, 5.74) is 0. The lowest BCUT2D eigenvalue weighted by Crippen LogP contribution is -2.40. The summed E-state index contributed by atoms with van der Waals surface area (Å²) in [4.78, 5) is 0.409. The minimum absolute atomic E-state index is 0.412. The van der Waals surface area contributed by atoms with E-state index in [1.165, 1.54) is 4.90 Å². The maximum absolute atomic E-state index is 12.4. The first-order chi connectivity index (χ1) is 6.93. The first-order valence-corrected chi connectivity index (χ1v) is 5.70. The number of hydrogen-bond donors (Lipinski definition) is 0. The highest BCUT2D eigenvalue weighted by Crippen LogP contribution is 2.20. The molecule has 0 aliphatic heterocycles. The molecule has 0 heterocycles. The summed E-state index contributed by atoms with van der Waals surface area (Å²) >= 11 is 4.44. The number of rotatable bonds is 6. The Hall–Kier alpha value is -0.320. The molecule has 15 heavy (non-hydrogen) atoms. The Balaban J connectivity index is 4.27. The zero-order valence-corrected chi connectivity index (χ0v) is 10.0. The normalized spacial score (nSPS) is 11.5. The molecule has 0 spiro atoms. The van der Waals surface area contributed by atoms with Gasteiger partial charge in [-0.1, -0.05) is 38.9 Å². The van der Waals surface area contributed by atoms with E-state index in [1.54, 1.807) is 0 Å². The number of thiocarbonyl (C=S) groups is 1. The molecule has 0 aromatic heterocycles. The monoisotopic (exact) mass is 241 g/mol. The van der Waals surface area contributed by atoms with Crippen LogP contribution in [0.2, 0.25) is 0 Å². The second-order valence-electron chi connectivity index (χ2n) is 3.50. The molecule has 0 aromatic carbocycles. The third-order valence-corrected chi connectivity index (χ3v) is 2.58. The van der Waals surface area contributed by atoms with Gasteiger partial charge in [0.2, 0.25) is 0 Å². The molecule has 1 nitrogen and oxygen atoms in total. The van der Waals surface area contributed by atoms with Crippen molar-refractivity contribution in [3.63, 3.8) is 0 Å². The Morgan fingerprint density at radius 3 is 1.73 bits per heavy atom. The van der Waals surface area contributed by atoms with Gasteiger partial charge in [0.1, 0.15) is 0 Å². The van der Waals surface area contributed by atoms with E-state index in [9.17, 15) is 13.2 Å². The zero-order valence-electron chi connectivity index (χ0n) is 9.23. The highest BCUT2D eigenvalue weighted by molar-refractivity contribution is 7.80. The standard InChI is InChI=1S/C10H18F3NS/c1-3-5-7-14(8-6-4-2)9(15)10(11,12)13/h3-8H2,1-2H3. The maximum Gasteiger partial charge on any atom is 0.441 e. The van der Waals surface area contributed by atoms with Crippen molar-refractivity contribution < 1.29 is 13.2 Å². The van der Waals surface area contributed by atoms with Crippen LogP contribution in [-0.4, -0.2) is 29.2 Å². The van der Waals surface area contributed by atoms with E-state index in [0.717, 1.165) is 25.7 Å². The second kappa shape index (κ2) is 7.04. The third kappa shape index (κ3) is 5.97. The highest BCUT2D eigenvalue weighted by Gasteiger charge is 2.37. The number of hydrogen-bond acceptors (Lipinski definition) is 1. The summed E-state index contributed by atoms with van der Waals surface area (Å²) in [5, 5.41) is 0. The molecule has 0 aliphatic rings. The quantitative estimate of drug-likeness (QED) is 0.651. The summed E-state index contributed by atoms with van der Waals surface area (Å²) in [5.74, 6) is 0. The minimum Gasteiger partial charge on any atom is -0.359 e. The molecule has 0 amide bonds. The molecule has 90 valence electrons. The Bertz CT molecular complexity index is 184.